The fraction of sp³-hybridized carbons (Fsp3) is 0.412. The minimum Gasteiger partial charge on any atom is -0.0911 e. The highest BCUT2D eigenvalue weighted by Crippen LogP contribution is 2.05. The zero-order valence-electron chi connectivity index (χ0n) is 10.6. The van der Waals surface area contributed by atoms with Crippen molar-refractivity contribution in [1.82, 2.24) is 0 Å². The molecular formula is C17H30. The maximum absolute atomic E-state index is 4.01. The van der Waals surface area contributed by atoms with E-state index in [1.807, 2.05) is 26.0 Å². The van der Waals surface area contributed by atoms with E-state index in [2.05, 4.69) is 45.6 Å². The van der Waals surface area contributed by atoms with E-state index in [0.717, 1.165) is 5.22 Å². The molecule has 1 aromatic rings. The third-order valence-electron chi connectivity index (χ3n) is 2.45. The summed E-state index contributed by atoms with van der Waals surface area (Å²) >= 11 is 0. The van der Waals surface area contributed by atoms with E-state index in [9.17, 15) is 0 Å². The molecule has 0 aliphatic rings. The topological polar surface area (TPSA) is 0 Å². The molecule has 0 radical (unpaired) electrons. The molecule has 17 heavy (non-hydrogen) atoms. The van der Waals surface area contributed by atoms with Crippen LogP contribution in [0, 0.1) is 0 Å². The molecule has 98 valence electrons. The highest BCUT2D eigenvalue weighted by atomic mass is 14.0. The van der Waals surface area contributed by atoms with Crippen molar-refractivity contribution >= 4 is 12.2 Å². The lowest BCUT2D eigenvalue weighted by molar-refractivity contribution is 1.39. The molecule has 0 aliphatic heterocycles. The first kappa shape index (κ1) is 21.0. The zero-order chi connectivity index (χ0) is 11.8. The Labute approximate surface area is 108 Å². The Hall–Kier alpha value is -1.30. The first-order valence-corrected chi connectivity index (χ1v) is 5.55. The van der Waals surface area contributed by atoms with E-state index in [1.165, 1.54) is 16.4 Å². The van der Waals surface area contributed by atoms with Crippen LogP contribution in [0.3, 0.4) is 0 Å². The first-order chi connectivity index (χ1) is 7.16. The molecule has 0 atom stereocenters. The van der Waals surface area contributed by atoms with Crippen LogP contribution in [-0.4, -0.2) is 0 Å². The lowest BCUT2D eigenvalue weighted by Gasteiger charge is -2.00. The molecule has 0 aliphatic carbocycles. The van der Waals surface area contributed by atoms with Crippen LogP contribution in [-0.2, 0) is 0 Å². The second-order valence-electron chi connectivity index (χ2n) is 3.25. The van der Waals surface area contributed by atoms with Crippen molar-refractivity contribution in [3.8, 4) is 0 Å². The normalized spacial score (nSPS) is 11.2. The summed E-state index contributed by atoms with van der Waals surface area (Å²) in [7, 11) is 0. The summed E-state index contributed by atoms with van der Waals surface area (Å²) in [6.07, 6.45) is 2.13. The van der Waals surface area contributed by atoms with Crippen molar-refractivity contribution in [3.63, 3.8) is 0 Å². The van der Waals surface area contributed by atoms with Gasteiger partial charge < -0.3 is 0 Å². The van der Waals surface area contributed by atoms with Crippen molar-refractivity contribution in [2.24, 2.45) is 0 Å². The Bertz CT molecular complexity index is 422. The van der Waals surface area contributed by atoms with Gasteiger partial charge in [0.15, 0.2) is 0 Å². The van der Waals surface area contributed by atoms with Gasteiger partial charge in [0.1, 0.15) is 0 Å². The highest BCUT2D eigenvalue weighted by Gasteiger charge is 1.92. The van der Waals surface area contributed by atoms with E-state index in [0.29, 0.717) is 0 Å². The minimum atomic E-state index is 0. The first-order valence-electron chi connectivity index (χ1n) is 5.55. The van der Waals surface area contributed by atoms with Crippen LogP contribution in [0.4, 0.5) is 0 Å². The zero-order valence-corrected chi connectivity index (χ0v) is 10.6. The second-order valence-corrected chi connectivity index (χ2v) is 3.25. The van der Waals surface area contributed by atoms with Gasteiger partial charge in [-0.25, -0.2) is 0 Å². The molecular weight excluding hydrogens is 204 g/mol. The van der Waals surface area contributed by atoms with E-state index in [1.54, 1.807) is 0 Å². The van der Waals surface area contributed by atoms with Crippen molar-refractivity contribution < 1.29 is 0 Å². The minimum absolute atomic E-state index is 0. The fourth-order valence-electron chi connectivity index (χ4n) is 1.32. The van der Waals surface area contributed by atoms with Crippen LogP contribution in [0.15, 0.2) is 35.9 Å². The predicted molar refractivity (Wildman–Crippen MR) is 84.5 cm³/mol. The van der Waals surface area contributed by atoms with Crippen LogP contribution < -0.4 is 10.4 Å². The second kappa shape index (κ2) is 11.2. The van der Waals surface area contributed by atoms with Crippen LogP contribution in [0.25, 0.3) is 12.2 Å². The van der Waals surface area contributed by atoms with Gasteiger partial charge in [-0.1, -0.05) is 71.2 Å². The van der Waals surface area contributed by atoms with Crippen LogP contribution >= 0.6 is 0 Å². The Kier molecular flexibility index (Phi) is 13.8. The standard InChI is InChI=1S/C13H16.C2H6.2CH4/c1-5-10(2)12(4)13-9-7-6-8-11(13)3;1-2;;/h5-9H,3H2,1-2,4H3;1-2H3;2*1H4/b10-5-,13-12-;;;. The molecule has 0 unspecified atom stereocenters. The van der Waals surface area contributed by atoms with Crippen molar-refractivity contribution in [3.05, 3.63) is 46.4 Å². The van der Waals surface area contributed by atoms with Crippen molar-refractivity contribution in [2.75, 3.05) is 0 Å². The molecule has 0 nitrogen and oxygen atoms in total. The number of allylic oxidation sites excluding steroid dienone is 2. The molecule has 0 bridgehead atoms. The van der Waals surface area contributed by atoms with Crippen LogP contribution in [0.2, 0.25) is 0 Å². The van der Waals surface area contributed by atoms with E-state index >= 15 is 0 Å². The third-order valence-corrected chi connectivity index (χ3v) is 2.45. The fourth-order valence-corrected chi connectivity index (χ4v) is 1.32. The average molecular weight is 234 g/mol. The van der Waals surface area contributed by atoms with Crippen LogP contribution in [0.5, 0.6) is 0 Å². The monoisotopic (exact) mass is 234 g/mol. The Morgan fingerprint density at radius 3 is 1.94 bits per heavy atom. The van der Waals surface area contributed by atoms with Crippen molar-refractivity contribution in [2.45, 2.75) is 49.5 Å². The molecule has 0 heterocycles. The van der Waals surface area contributed by atoms with E-state index < -0.39 is 0 Å². The summed E-state index contributed by atoms with van der Waals surface area (Å²) in [5.41, 5.74) is 2.63. The molecule has 0 amide bonds. The van der Waals surface area contributed by atoms with Gasteiger partial charge >= 0.3 is 0 Å². The Morgan fingerprint density at radius 1 is 1.06 bits per heavy atom. The number of benzene rings is 1. The van der Waals surface area contributed by atoms with Gasteiger partial charge in [-0.3, -0.25) is 0 Å². The molecule has 0 saturated carbocycles. The summed E-state index contributed by atoms with van der Waals surface area (Å²) in [6, 6.07) is 8.23. The summed E-state index contributed by atoms with van der Waals surface area (Å²) in [5, 5.41) is 2.35. The molecule has 1 aromatic carbocycles. The summed E-state index contributed by atoms with van der Waals surface area (Å²) < 4.78 is 0. The summed E-state index contributed by atoms with van der Waals surface area (Å²) in [5.74, 6) is 0. The van der Waals surface area contributed by atoms with Gasteiger partial charge in [0.2, 0.25) is 0 Å². The highest BCUT2D eigenvalue weighted by molar-refractivity contribution is 5.60. The van der Waals surface area contributed by atoms with Gasteiger partial charge in [0.25, 0.3) is 0 Å². The summed E-state index contributed by atoms with van der Waals surface area (Å²) in [4.78, 5) is 0. The molecule has 0 saturated heterocycles. The quantitative estimate of drug-likeness (QED) is 0.669. The number of hydrogen-bond acceptors (Lipinski definition) is 0. The molecule has 0 aromatic heterocycles. The maximum Gasteiger partial charge on any atom is -0.0158 e. The van der Waals surface area contributed by atoms with Gasteiger partial charge in [-0.05, 0) is 36.8 Å². The lowest BCUT2D eigenvalue weighted by Crippen LogP contribution is -2.24. The molecule has 0 N–H and O–H groups in total. The Balaban J connectivity index is -0.000000464. The predicted octanol–water partition coefficient (Wildman–Crippen LogP) is 4.53. The SMILES string of the molecule is C.C.C=c1cccc/c1=C(C)/C(C)=C\C.CC. The van der Waals surface area contributed by atoms with E-state index in [-0.39, 0.29) is 14.9 Å². The van der Waals surface area contributed by atoms with Gasteiger partial charge in [0, 0.05) is 0 Å². The maximum atomic E-state index is 4.01. The molecule has 0 spiro atoms. The number of hydrogen-bond donors (Lipinski definition) is 0. The largest absolute Gasteiger partial charge is 0.0911 e. The number of rotatable bonds is 1. The smallest absolute Gasteiger partial charge is 0.0158 e. The molecule has 0 fully saturated rings. The lowest BCUT2D eigenvalue weighted by atomic mass is 10.1. The Morgan fingerprint density at radius 2 is 1.53 bits per heavy atom. The molecule has 0 heteroatoms. The van der Waals surface area contributed by atoms with Gasteiger partial charge in [-0.2, -0.15) is 0 Å². The summed E-state index contributed by atoms with van der Waals surface area (Å²) in [6.45, 7) is 14.3. The third kappa shape index (κ3) is 6.11. The van der Waals surface area contributed by atoms with E-state index in [4.69, 9.17) is 0 Å². The molecule has 1 rings (SSSR count). The van der Waals surface area contributed by atoms with Crippen LogP contribution in [0.1, 0.15) is 49.5 Å². The van der Waals surface area contributed by atoms with Gasteiger partial charge in [-0.15, -0.1) is 0 Å². The van der Waals surface area contributed by atoms with Crippen molar-refractivity contribution in [1.29, 1.82) is 0 Å². The van der Waals surface area contributed by atoms with Gasteiger partial charge in [0.05, 0.1) is 0 Å². The average Bonchev–Trinajstić information content (AvgIpc) is 2.30.